The molecule has 0 saturated heterocycles. The summed E-state index contributed by atoms with van der Waals surface area (Å²) in [7, 11) is 0. The Morgan fingerprint density at radius 2 is 2.09 bits per heavy atom. The molecule has 0 bridgehead atoms. The Kier molecular flexibility index (Phi) is 6.07. The van der Waals surface area contributed by atoms with Crippen molar-refractivity contribution in [1.29, 1.82) is 0 Å². The lowest BCUT2D eigenvalue weighted by atomic mass is 9.63. The van der Waals surface area contributed by atoms with Gasteiger partial charge in [0.25, 0.3) is 0 Å². The van der Waals surface area contributed by atoms with Gasteiger partial charge in [-0.3, -0.25) is 4.79 Å². The molecule has 4 rings (SSSR count). The number of hydrogen-bond acceptors (Lipinski definition) is 7. The summed E-state index contributed by atoms with van der Waals surface area (Å²) in [6.07, 6.45) is 6.31. The Balaban J connectivity index is 1.60. The quantitative estimate of drug-likeness (QED) is 0.448. The van der Waals surface area contributed by atoms with Crippen molar-refractivity contribution in [1.82, 2.24) is 15.0 Å². The molecule has 172 valence electrons. The SMILES string of the molecule is C=Cc1ccnc(Nc2cc(C)cc(-c3cnc([C@@]4(O)CC[C@H](C(=O)O)C(C)(C)C4)s3)c2)n1. The first-order valence-electron chi connectivity index (χ1n) is 10.9. The van der Waals surface area contributed by atoms with Gasteiger partial charge in [-0.15, -0.1) is 11.3 Å². The average Bonchev–Trinajstić information content (AvgIpc) is 3.24. The number of aliphatic hydroxyl groups is 1. The largest absolute Gasteiger partial charge is 0.481 e. The van der Waals surface area contributed by atoms with Crippen LogP contribution in [0.15, 0.2) is 43.2 Å². The van der Waals surface area contributed by atoms with Crippen molar-refractivity contribution < 1.29 is 15.0 Å². The lowest BCUT2D eigenvalue weighted by Gasteiger charge is -2.44. The molecule has 1 fully saturated rings. The molecule has 7 nitrogen and oxygen atoms in total. The predicted octanol–water partition coefficient (Wildman–Crippen LogP) is 5.39. The molecule has 1 aliphatic rings. The van der Waals surface area contributed by atoms with Crippen LogP contribution in [0.1, 0.15) is 49.4 Å². The highest BCUT2D eigenvalue weighted by atomic mass is 32.1. The number of carbonyl (C=O) groups is 1. The van der Waals surface area contributed by atoms with Crippen LogP contribution >= 0.6 is 11.3 Å². The van der Waals surface area contributed by atoms with Crippen LogP contribution < -0.4 is 5.32 Å². The Hall–Kier alpha value is -3.10. The van der Waals surface area contributed by atoms with Gasteiger partial charge in [-0.05, 0) is 67.0 Å². The third kappa shape index (κ3) is 4.82. The van der Waals surface area contributed by atoms with E-state index < -0.39 is 22.9 Å². The maximum Gasteiger partial charge on any atom is 0.307 e. The van der Waals surface area contributed by atoms with Crippen LogP contribution in [0.4, 0.5) is 11.6 Å². The van der Waals surface area contributed by atoms with Gasteiger partial charge >= 0.3 is 5.97 Å². The van der Waals surface area contributed by atoms with E-state index in [9.17, 15) is 15.0 Å². The summed E-state index contributed by atoms with van der Waals surface area (Å²) in [5, 5.41) is 24.8. The maximum atomic E-state index is 11.6. The Bertz CT molecular complexity index is 1210. The fourth-order valence-electron chi connectivity index (χ4n) is 4.68. The number of aliphatic carboxylic acids is 1. The van der Waals surface area contributed by atoms with Crippen molar-refractivity contribution in [2.45, 2.75) is 45.6 Å². The van der Waals surface area contributed by atoms with Crippen molar-refractivity contribution in [3.05, 3.63) is 59.5 Å². The average molecular weight is 465 g/mol. The minimum Gasteiger partial charge on any atom is -0.481 e. The Morgan fingerprint density at radius 1 is 1.30 bits per heavy atom. The van der Waals surface area contributed by atoms with Crippen LogP contribution in [0.5, 0.6) is 0 Å². The number of thiazole rings is 1. The number of anilines is 2. The minimum absolute atomic E-state index is 0.363. The maximum absolute atomic E-state index is 11.6. The van der Waals surface area contributed by atoms with Crippen LogP contribution in [-0.4, -0.2) is 31.1 Å². The monoisotopic (exact) mass is 464 g/mol. The molecular formula is C25H28N4O3S. The topological polar surface area (TPSA) is 108 Å². The van der Waals surface area contributed by atoms with Crippen LogP contribution in [-0.2, 0) is 10.4 Å². The molecule has 8 heteroatoms. The second-order valence-corrected chi connectivity index (χ2v) is 10.4. The van der Waals surface area contributed by atoms with Gasteiger partial charge in [0, 0.05) is 18.1 Å². The summed E-state index contributed by atoms with van der Waals surface area (Å²) in [6, 6.07) is 7.87. The first-order chi connectivity index (χ1) is 15.6. The van der Waals surface area contributed by atoms with E-state index in [1.54, 1.807) is 24.5 Å². The smallest absolute Gasteiger partial charge is 0.307 e. The molecule has 0 amide bonds. The third-order valence-corrected chi connectivity index (χ3v) is 7.48. The minimum atomic E-state index is -1.12. The van der Waals surface area contributed by atoms with Gasteiger partial charge in [0.05, 0.1) is 16.5 Å². The van der Waals surface area contributed by atoms with Gasteiger partial charge in [-0.25, -0.2) is 15.0 Å². The highest BCUT2D eigenvalue weighted by Gasteiger charge is 2.49. The molecule has 1 aromatic carbocycles. The van der Waals surface area contributed by atoms with Crippen LogP contribution in [0.25, 0.3) is 16.5 Å². The second-order valence-electron chi connectivity index (χ2n) is 9.38. The zero-order valence-corrected chi connectivity index (χ0v) is 19.8. The first kappa shape index (κ1) is 23.1. The van der Waals surface area contributed by atoms with Crippen molar-refractivity contribution >= 4 is 35.0 Å². The standard InChI is InChI=1S/C25H28N4O3S/c1-5-17-7-9-26-23(28-17)29-18-11-15(2)10-16(12-18)20-13-27-22(33-20)25(32)8-6-19(21(30)31)24(3,4)14-25/h5,7,9-13,19,32H,1,6,8,14H2,2-4H3,(H,30,31)(H,26,28,29)/t19-,25-/m1/s1. The van der Waals surface area contributed by atoms with Gasteiger partial charge in [0.2, 0.25) is 5.95 Å². The van der Waals surface area contributed by atoms with E-state index >= 15 is 0 Å². The van der Waals surface area contributed by atoms with Gasteiger partial charge in [-0.2, -0.15) is 0 Å². The zero-order chi connectivity index (χ0) is 23.8. The number of nitrogens with one attached hydrogen (secondary N) is 1. The third-order valence-electron chi connectivity index (χ3n) is 6.24. The Morgan fingerprint density at radius 3 is 2.79 bits per heavy atom. The number of carboxylic acid groups (broad SMARTS) is 1. The van der Waals surface area contributed by atoms with E-state index in [0.717, 1.165) is 27.4 Å². The fourth-order valence-corrected chi connectivity index (χ4v) is 5.69. The molecular weight excluding hydrogens is 436 g/mol. The number of hydrogen-bond donors (Lipinski definition) is 3. The highest BCUT2D eigenvalue weighted by Crippen LogP contribution is 2.50. The molecule has 33 heavy (non-hydrogen) atoms. The van der Waals surface area contributed by atoms with Crippen LogP contribution in [0, 0.1) is 18.3 Å². The Labute approximate surface area is 197 Å². The zero-order valence-electron chi connectivity index (χ0n) is 19.0. The lowest BCUT2D eigenvalue weighted by Crippen LogP contribution is -2.44. The molecule has 0 unspecified atom stereocenters. The van der Waals surface area contributed by atoms with E-state index in [-0.39, 0.29) is 0 Å². The van der Waals surface area contributed by atoms with Gasteiger partial charge < -0.3 is 15.5 Å². The van der Waals surface area contributed by atoms with E-state index in [2.05, 4.69) is 32.9 Å². The van der Waals surface area contributed by atoms with Crippen molar-refractivity contribution in [3.8, 4) is 10.4 Å². The molecule has 2 atom stereocenters. The molecule has 0 radical (unpaired) electrons. The summed E-state index contributed by atoms with van der Waals surface area (Å²) in [5.74, 6) is -0.783. The number of nitrogens with zero attached hydrogens (tertiary/aromatic N) is 3. The van der Waals surface area contributed by atoms with E-state index in [1.807, 2.05) is 32.9 Å². The van der Waals surface area contributed by atoms with Crippen molar-refractivity contribution in [2.24, 2.45) is 11.3 Å². The summed E-state index contributed by atoms with van der Waals surface area (Å²) >= 11 is 1.45. The normalized spacial score (nSPS) is 22.0. The van der Waals surface area contributed by atoms with Crippen molar-refractivity contribution in [3.63, 3.8) is 0 Å². The summed E-state index contributed by atoms with van der Waals surface area (Å²) in [4.78, 5) is 25.8. The highest BCUT2D eigenvalue weighted by molar-refractivity contribution is 7.15. The number of aromatic nitrogens is 3. The van der Waals surface area contributed by atoms with Crippen LogP contribution in [0.2, 0.25) is 0 Å². The van der Waals surface area contributed by atoms with E-state index in [1.165, 1.54) is 11.3 Å². The van der Waals surface area contributed by atoms with Crippen molar-refractivity contribution in [2.75, 3.05) is 5.32 Å². The molecule has 3 aromatic rings. The summed E-state index contributed by atoms with van der Waals surface area (Å²) in [6.45, 7) is 9.57. The molecule has 1 saturated carbocycles. The number of rotatable bonds is 6. The van der Waals surface area contributed by atoms with Gasteiger partial charge in [-0.1, -0.05) is 26.5 Å². The number of benzene rings is 1. The summed E-state index contributed by atoms with van der Waals surface area (Å²) in [5.41, 5.74) is 1.98. The van der Waals surface area contributed by atoms with Gasteiger partial charge in [0.1, 0.15) is 10.6 Å². The molecule has 2 aromatic heterocycles. The molecule has 0 aliphatic heterocycles. The molecule has 0 spiro atoms. The number of carboxylic acids is 1. The number of aryl methyl sites for hydroxylation is 1. The molecule has 3 N–H and O–H groups in total. The predicted molar refractivity (Wildman–Crippen MR) is 130 cm³/mol. The lowest BCUT2D eigenvalue weighted by molar-refractivity contribution is -0.154. The first-order valence-corrected chi connectivity index (χ1v) is 11.7. The molecule has 2 heterocycles. The van der Waals surface area contributed by atoms with E-state index in [4.69, 9.17) is 0 Å². The summed E-state index contributed by atoms with van der Waals surface area (Å²) < 4.78 is 0. The van der Waals surface area contributed by atoms with Gasteiger partial charge in [0.15, 0.2) is 0 Å². The second kappa shape index (κ2) is 8.68. The molecule has 1 aliphatic carbocycles. The van der Waals surface area contributed by atoms with E-state index in [0.29, 0.717) is 30.2 Å². The van der Waals surface area contributed by atoms with Crippen LogP contribution in [0.3, 0.4) is 0 Å². The fraction of sp³-hybridized carbons (Fsp3) is 0.360.